The van der Waals surface area contributed by atoms with Gasteiger partial charge in [-0.25, -0.2) is 4.98 Å². The van der Waals surface area contributed by atoms with Gasteiger partial charge in [-0.15, -0.1) is 11.3 Å². The molecule has 0 saturated carbocycles. The number of thiophene rings is 1. The minimum atomic E-state index is -0.210. The Morgan fingerprint density at radius 2 is 2.11 bits per heavy atom. The van der Waals surface area contributed by atoms with Crippen LogP contribution in [0, 0.1) is 26.7 Å². The monoisotopic (exact) mass is 395 g/mol. The van der Waals surface area contributed by atoms with Gasteiger partial charge in [0.05, 0.1) is 5.39 Å². The molecular formula is C22H25N3O2S. The molecule has 146 valence electrons. The fourth-order valence-electron chi connectivity index (χ4n) is 3.91. The third-order valence-corrected chi connectivity index (χ3v) is 6.72. The molecule has 1 amide bonds. The highest BCUT2D eigenvalue weighted by molar-refractivity contribution is 7.18. The van der Waals surface area contributed by atoms with Crippen molar-refractivity contribution in [2.75, 3.05) is 5.32 Å². The Morgan fingerprint density at radius 1 is 1.32 bits per heavy atom. The Kier molecular flexibility index (Phi) is 4.83. The first-order chi connectivity index (χ1) is 13.3. The first kappa shape index (κ1) is 18.9. The van der Waals surface area contributed by atoms with E-state index in [0.29, 0.717) is 11.7 Å². The molecule has 0 radical (unpaired) electrons. The van der Waals surface area contributed by atoms with E-state index in [4.69, 9.17) is 0 Å². The lowest BCUT2D eigenvalue weighted by molar-refractivity contribution is -0.116. The molecule has 1 N–H and O–H groups in total. The summed E-state index contributed by atoms with van der Waals surface area (Å²) >= 11 is 1.64. The number of carbonyl (C=O) groups excluding carboxylic acids is 1. The lowest BCUT2D eigenvalue weighted by atomic mass is 9.89. The summed E-state index contributed by atoms with van der Waals surface area (Å²) in [5.74, 6) is 1.02. The summed E-state index contributed by atoms with van der Waals surface area (Å²) in [7, 11) is 0. The molecule has 28 heavy (non-hydrogen) atoms. The maximum absolute atomic E-state index is 13.2. The van der Waals surface area contributed by atoms with E-state index < -0.39 is 0 Å². The molecular weight excluding hydrogens is 370 g/mol. The number of nitrogens with one attached hydrogen (secondary N) is 1. The van der Waals surface area contributed by atoms with Crippen LogP contribution in [0.4, 0.5) is 5.69 Å². The van der Waals surface area contributed by atoms with Crippen molar-refractivity contribution in [1.82, 2.24) is 9.55 Å². The zero-order valence-electron chi connectivity index (χ0n) is 16.8. The minimum Gasteiger partial charge on any atom is -0.324 e. The SMILES string of the molecule is Cc1ccc(C)c(NC(=O)Cn2c(C)nc3sc4c(c3c2=O)CCC(C)C4)c1. The maximum atomic E-state index is 13.2. The lowest BCUT2D eigenvalue weighted by Gasteiger charge is -2.17. The number of fused-ring (bicyclic) bond motifs is 3. The zero-order chi connectivity index (χ0) is 20.0. The number of anilines is 1. The molecule has 1 aromatic carbocycles. The molecule has 1 unspecified atom stereocenters. The third-order valence-electron chi connectivity index (χ3n) is 5.57. The highest BCUT2D eigenvalue weighted by Crippen LogP contribution is 2.35. The van der Waals surface area contributed by atoms with Gasteiger partial charge in [-0.3, -0.25) is 14.2 Å². The van der Waals surface area contributed by atoms with Crippen molar-refractivity contribution in [1.29, 1.82) is 0 Å². The number of amides is 1. The second-order valence-electron chi connectivity index (χ2n) is 7.95. The van der Waals surface area contributed by atoms with Crippen molar-refractivity contribution < 1.29 is 4.79 Å². The van der Waals surface area contributed by atoms with Crippen molar-refractivity contribution in [3.8, 4) is 0 Å². The van der Waals surface area contributed by atoms with Gasteiger partial charge in [0.15, 0.2) is 0 Å². The summed E-state index contributed by atoms with van der Waals surface area (Å²) in [6.07, 6.45) is 3.03. The molecule has 0 saturated heterocycles. The number of hydrogen-bond donors (Lipinski definition) is 1. The van der Waals surface area contributed by atoms with E-state index in [9.17, 15) is 9.59 Å². The maximum Gasteiger partial charge on any atom is 0.263 e. The molecule has 0 aliphatic heterocycles. The van der Waals surface area contributed by atoms with E-state index >= 15 is 0 Å². The van der Waals surface area contributed by atoms with Crippen molar-refractivity contribution in [2.24, 2.45) is 5.92 Å². The summed E-state index contributed by atoms with van der Waals surface area (Å²) in [5.41, 5.74) is 3.92. The van der Waals surface area contributed by atoms with Gasteiger partial charge in [-0.05, 0) is 68.7 Å². The van der Waals surface area contributed by atoms with E-state index in [1.54, 1.807) is 18.3 Å². The first-order valence-corrected chi connectivity index (χ1v) is 10.5. The number of benzene rings is 1. The second-order valence-corrected chi connectivity index (χ2v) is 9.03. The van der Waals surface area contributed by atoms with Crippen molar-refractivity contribution in [2.45, 2.75) is 53.5 Å². The average Bonchev–Trinajstić information content (AvgIpc) is 2.98. The van der Waals surface area contributed by atoms with E-state index in [2.05, 4.69) is 17.2 Å². The normalized spacial score (nSPS) is 16.2. The molecule has 0 bridgehead atoms. The predicted octanol–water partition coefficient (Wildman–Crippen LogP) is 4.15. The van der Waals surface area contributed by atoms with E-state index in [0.717, 1.165) is 51.9 Å². The number of hydrogen-bond acceptors (Lipinski definition) is 4. The van der Waals surface area contributed by atoms with Crippen LogP contribution in [0.5, 0.6) is 0 Å². The quantitative estimate of drug-likeness (QED) is 0.725. The zero-order valence-corrected chi connectivity index (χ0v) is 17.6. The molecule has 0 fully saturated rings. The second kappa shape index (κ2) is 7.17. The van der Waals surface area contributed by atoms with Crippen LogP contribution >= 0.6 is 11.3 Å². The number of carbonyl (C=O) groups is 1. The van der Waals surface area contributed by atoms with Crippen LogP contribution in [0.3, 0.4) is 0 Å². The van der Waals surface area contributed by atoms with Crippen LogP contribution in [0.15, 0.2) is 23.0 Å². The highest BCUT2D eigenvalue weighted by Gasteiger charge is 2.24. The predicted molar refractivity (Wildman–Crippen MR) is 114 cm³/mol. The van der Waals surface area contributed by atoms with Gasteiger partial charge in [0, 0.05) is 10.6 Å². The van der Waals surface area contributed by atoms with Gasteiger partial charge in [-0.2, -0.15) is 0 Å². The molecule has 2 aromatic heterocycles. The van der Waals surface area contributed by atoms with Gasteiger partial charge in [0.1, 0.15) is 17.2 Å². The Hall–Kier alpha value is -2.47. The summed E-state index contributed by atoms with van der Waals surface area (Å²) < 4.78 is 1.51. The molecule has 5 nitrogen and oxygen atoms in total. The number of rotatable bonds is 3. The van der Waals surface area contributed by atoms with Crippen LogP contribution in [-0.2, 0) is 24.2 Å². The first-order valence-electron chi connectivity index (χ1n) is 9.72. The Balaban J connectivity index is 1.68. The number of aryl methyl sites for hydroxylation is 4. The van der Waals surface area contributed by atoms with E-state index in [1.807, 2.05) is 32.0 Å². The molecule has 1 aliphatic rings. The van der Waals surface area contributed by atoms with Crippen LogP contribution in [-0.4, -0.2) is 15.5 Å². The largest absolute Gasteiger partial charge is 0.324 e. The smallest absolute Gasteiger partial charge is 0.263 e. The van der Waals surface area contributed by atoms with Crippen molar-refractivity contribution >= 4 is 33.1 Å². The Bertz CT molecular complexity index is 1140. The van der Waals surface area contributed by atoms with Gasteiger partial charge in [-0.1, -0.05) is 19.1 Å². The van der Waals surface area contributed by atoms with Gasteiger partial charge in [0.25, 0.3) is 5.56 Å². The molecule has 1 aliphatic carbocycles. The summed E-state index contributed by atoms with van der Waals surface area (Å²) in [5, 5.41) is 3.66. The molecule has 4 rings (SSSR count). The minimum absolute atomic E-state index is 0.0258. The van der Waals surface area contributed by atoms with Gasteiger partial charge >= 0.3 is 0 Å². The summed E-state index contributed by atoms with van der Waals surface area (Å²) in [6, 6.07) is 5.94. The van der Waals surface area contributed by atoms with E-state index in [1.165, 1.54) is 9.44 Å². The third kappa shape index (κ3) is 3.37. The van der Waals surface area contributed by atoms with E-state index in [-0.39, 0.29) is 18.0 Å². The molecule has 1 atom stereocenters. The topological polar surface area (TPSA) is 64.0 Å². The Labute approximate surface area is 168 Å². The highest BCUT2D eigenvalue weighted by atomic mass is 32.1. The lowest BCUT2D eigenvalue weighted by Crippen LogP contribution is -2.30. The van der Waals surface area contributed by atoms with Crippen LogP contribution < -0.4 is 10.9 Å². The van der Waals surface area contributed by atoms with Crippen molar-refractivity contribution in [3.63, 3.8) is 0 Å². The molecule has 2 heterocycles. The average molecular weight is 396 g/mol. The van der Waals surface area contributed by atoms with Gasteiger partial charge < -0.3 is 5.32 Å². The molecule has 3 aromatic rings. The van der Waals surface area contributed by atoms with Crippen molar-refractivity contribution in [3.05, 3.63) is 55.9 Å². The van der Waals surface area contributed by atoms with Crippen LogP contribution in [0.1, 0.15) is 40.7 Å². The molecule has 0 spiro atoms. The fraction of sp³-hybridized carbons (Fsp3) is 0.409. The molecule has 6 heteroatoms. The summed E-state index contributed by atoms with van der Waals surface area (Å²) in [4.78, 5) is 32.6. The number of nitrogens with zero attached hydrogens (tertiary/aromatic N) is 2. The van der Waals surface area contributed by atoms with Crippen LogP contribution in [0.25, 0.3) is 10.2 Å². The van der Waals surface area contributed by atoms with Gasteiger partial charge in [0.2, 0.25) is 5.91 Å². The Morgan fingerprint density at radius 3 is 2.89 bits per heavy atom. The standard InChI is InChI=1S/C22H25N3O2S/c1-12-5-7-14(3)17(9-12)24-19(26)11-25-15(4)23-21-20(22(25)27)16-8-6-13(2)10-18(16)28-21/h5,7,9,13H,6,8,10-11H2,1-4H3,(H,24,26). The number of aromatic nitrogens is 2. The summed E-state index contributed by atoms with van der Waals surface area (Å²) in [6.45, 7) is 7.97. The van der Waals surface area contributed by atoms with Crippen LogP contribution in [0.2, 0.25) is 0 Å². The fourth-order valence-corrected chi connectivity index (χ4v) is 5.33.